The molecule has 27 heavy (non-hydrogen) atoms. The van der Waals surface area contributed by atoms with Gasteiger partial charge in [0.1, 0.15) is 12.2 Å². The summed E-state index contributed by atoms with van der Waals surface area (Å²) in [6.45, 7) is 1.42. The van der Waals surface area contributed by atoms with E-state index in [9.17, 15) is 14.4 Å². The van der Waals surface area contributed by atoms with Crippen LogP contribution in [0.3, 0.4) is 0 Å². The average molecular weight is 372 g/mol. The molecule has 0 saturated carbocycles. The Kier molecular flexibility index (Phi) is 6.18. The first-order chi connectivity index (χ1) is 13.1. The van der Waals surface area contributed by atoms with Crippen LogP contribution >= 0.6 is 0 Å². The van der Waals surface area contributed by atoms with Crippen molar-refractivity contribution in [1.29, 1.82) is 0 Å². The van der Waals surface area contributed by atoms with Crippen LogP contribution in [0.1, 0.15) is 31.5 Å². The van der Waals surface area contributed by atoms with Crippen molar-refractivity contribution in [2.75, 3.05) is 25.6 Å². The van der Waals surface area contributed by atoms with Gasteiger partial charge >= 0.3 is 0 Å². The van der Waals surface area contributed by atoms with E-state index in [1.165, 1.54) is 7.11 Å². The lowest BCUT2D eigenvalue weighted by atomic mass is 10.2. The molecule has 0 fully saturated rings. The molecule has 0 aliphatic carbocycles. The van der Waals surface area contributed by atoms with Gasteiger partial charge in [-0.05, 0) is 31.0 Å². The fourth-order valence-electron chi connectivity index (χ4n) is 3.20. The van der Waals surface area contributed by atoms with Crippen LogP contribution in [0, 0.1) is 0 Å². The number of ether oxygens (including phenoxy) is 1. The quantitative estimate of drug-likeness (QED) is 0.586. The van der Waals surface area contributed by atoms with Crippen LogP contribution in [0.25, 0.3) is 10.9 Å². The number of carbonyl (C=O) groups is 2. The van der Waals surface area contributed by atoms with Gasteiger partial charge in [-0.25, -0.2) is 4.98 Å². The van der Waals surface area contributed by atoms with Crippen LogP contribution in [-0.2, 0) is 27.3 Å². The Morgan fingerprint density at radius 3 is 2.89 bits per heavy atom. The number of carbonyl (C=O) groups excluding carboxylic acids is 2. The van der Waals surface area contributed by atoms with E-state index in [1.807, 2.05) is 0 Å². The molecular formula is C19H24N4O4. The molecule has 2 aromatic rings. The van der Waals surface area contributed by atoms with Crippen molar-refractivity contribution in [3.8, 4) is 0 Å². The van der Waals surface area contributed by atoms with Crippen LogP contribution in [0.15, 0.2) is 23.0 Å². The lowest BCUT2D eigenvalue weighted by Gasteiger charge is -2.11. The number of aryl methyl sites for hydroxylation is 1. The van der Waals surface area contributed by atoms with Crippen molar-refractivity contribution in [3.63, 3.8) is 0 Å². The number of nitrogens with zero attached hydrogens (tertiary/aromatic N) is 2. The summed E-state index contributed by atoms with van der Waals surface area (Å²) in [5.41, 5.74) is 1.03. The molecule has 1 aliphatic heterocycles. The smallest absolute Gasteiger partial charge is 0.261 e. The molecule has 0 saturated heterocycles. The number of nitrogens with one attached hydrogen (secondary N) is 2. The molecule has 2 amide bonds. The molecule has 2 heterocycles. The van der Waals surface area contributed by atoms with Gasteiger partial charge < -0.3 is 15.4 Å². The van der Waals surface area contributed by atoms with Gasteiger partial charge in [-0.3, -0.25) is 19.0 Å². The first-order valence-electron chi connectivity index (χ1n) is 9.17. The summed E-state index contributed by atoms with van der Waals surface area (Å²) < 4.78 is 6.58. The van der Waals surface area contributed by atoms with Gasteiger partial charge in [0.25, 0.3) is 5.56 Å². The number of fused-ring (bicyclic) bond motifs is 2. The van der Waals surface area contributed by atoms with E-state index in [0.29, 0.717) is 36.3 Å². The number of anilines is 1. The number of rotatable bonds is 6. The van der Waals surface area contributed by atoms with Gasteiger partial charge in [0.2, 0.25) is 11.8 Å². The topological polar surface area (TPSA) is 102 Å². The zero-order valence-corrected chi connectivity index (χ0v) is 15.4. The van der Waals surface area contributed by atoms with E-state index >= 15 is 0 Å². The number of aromatic nitrogens is 2. The average Bonchev–Trinajstić information content (AvgIpc) is 2.88. The summed E-state index contributed by atoms with van der Waals surface area (Å²) in [7, 11) is 1.54. The number of hydrogen-bond acceptors (Lipinski definition) is 5. The highest BCUT2D eigenvalue weighted by atomic mass is 16.5. The van der Waals surface area contributed by atoms with Gasteiger partial charge in [0.15, 0.2) is 0 Å². The zero-order chi connectivity index (χ0) is 19.2. The third-order valence-corrected chi connectivity index (χ3v) is 4.55. The molecule has 0 atom stereocenters. The third-order valence-electron chi connectivity index (χ3n) is 4.55. The summed E-state index contributed by atoms with van der Waals surface area (Å²) in [6, 6.07) is 5.06. The highest BCUT2D eigenvalue weighted by Gasteiger charge is 2.15. The Hall–Kier alpha value is -2.74. The number of methoxy groups -OCH3 is 1. The van der Waals surface area contributed by atoms with Gasteiger partial charge in [-0.15, -0.1) is 0 Å². The summed E-state index contributed by atoms with van der Waals surface area (Å²) in [5.74, 6) is 0.0130. The first-order valence-corrected chi connectivity index (χ1v) is 9.17. The molecule has 1 aromatic heterocycles. The fraction of sp³-hybridized carbons (Fsp3) is 0.474. The van der Waals surface area contributed by atoms with Crippen LogP contribution < -0.4 is 16.2 Å². The Morgan fingerprint density at radius 1 is 1.22 bits per heavy atom. The van der Waals surface area contributed by atoms with Crippen molar-refractivity contribution >= 4 is 28.4 Å². The van der Waals surface area contributed by atoms with E-state index in [4.69, 9.17) is 4.74 Å². The fourth-order valence-corrected chi connectivity index (χ4v) is 3.20. The van der Waals surface area contributed by atoms with E-state index < -0.39 is 5.91 Å². The minimum atomic E-state index is -0.438. The normalized spacial score (nSPS) is 13.7. The molecular weight excluding hydrogens is 348 g/mol. The minimum absolute atomic E-state index is 0.0784. The molecule has 0 spiro atoms. The third kappa shape index (κ3) is 4.71. The van der Waals surface area contributed by atoms with Gasteiger partial charge in [-0.2, -0.15) is 0 Å². The maximum absolute atomic E-state index is 12.8. The lowest BCUT2D eigenvalue weighted by molar-refractivity contribution is -0.126. The summed E-state index contributed by atoms with van der Waals surface area (Å²) in [5, 5.41) is 5.73. The second kappa shape index (κ2) is 8.77. The minimum Gasteiger partial charge on any atom is -0.383 e. The van der Waals surface area contributed by atoms with Crippen molar-refractivity contribution < 1.29 is 14.3 Å². The molecule has 8 heteroatoms. The summed E-state index contributed by atoms with van der Waals surface area (Å²) in [6.07, 6.45) is 3.62. The number of benzene rings is 1. The van der Waals surface area contributed by atoms with E-state index in [1.54, 1.807) is 22.8 Å². The predicted octanol–water partition coefficient (Wildman–Crippen LogP) is 1.21. The van der Waals surface area contributed by atoms with Crippen LogP contribution in [0.4, 0.5) is 5.69 Å². The second-order valence-electron chi connectivity index (χ2n) is 6.60. The summed E-state index contributed by atoms with van der Waals surface area (Å²) in [4.78, 5) is 41.2. The van der Waals surface area contributed by atoms with Crippen molar-refractivity contribution in [3.05, 3.63) is 34.4 Å². The Balaban J connectivity index is 1.74. The van der Waals surface area contributed by atoms with Gasteiger partial charge in [0.05, 0.1) is 17.5 Å². The Bertz CT molecular complexity index is 906. The maximum Gasteiger partial charge on any atom is 0.261 e. The van der Waals surface area contributed by atoms with Crippen molar-refractivity contribution in [2.24, 2.45) is 0 Å². The predicted molar refractivity (Wildman–Crippen MR) is 102 cm³/mol. The SMILES string of the molecule is COCCNC(=O)CC(=O)Nc1ccc2nc3n(c(=O)c2c1)CCCCC3. The molecule has 0 unspecified atom stereocenters. The monoisotopic (exact) mass is 372 g/mol. The molecule has 3 rings (SSSR count). The zero-order valence-electron chi connectivity index (χ0n) is 15.4. The lowest BCUT2D eigenvalue weighted by Crippen LogP contribution is -2.30. The van der Waals surface area contributed by atoms with E-state index in [0.717, 1.165) is 31.5 Å². The van der Waals surface area contributed by atoms with E-state index in [-0.39, 0.29) is 17.9 Å². The van der Waals surface area contributed by atoms with Crippen molar-refractivity contribution in [2.45, 2.75) is 38.6 Å². The standard InChI is InChI=1S/C19H24N4O4/c1-27-10-8-20-17(24)12-18(25)21-13-6-7-15-14(11-13)19(26)23-9-4-2-3-5-16(23)22-15/h6-7,11H,2-5,8-10,12H2,1H3,(H,20,24)(H,21,25). The molecule has 0 bridgehead atoms. The molecule has 0 radical (unpaired) electrons. The molecule has 8 nitrogen and oxygen atoms in total. The first kappa shape index (κ1) is 19.0. The van der Waals surface area contributed by atoms with Crippen LogP contribution in [-0.4, -0.2) is 41.6 Å². The molecule has 144 valence electrons. The van der Waals surface area contributed by atoms with Crippen molar-refractivity contribution in [1.82, 2.24) is 14.9 Å². The molecule has 2 N–H and O–H groups in total. The highest BCUT2D eigenvalue weighted by Crippen LogP contribution is 2.18. The summed E-state index contributed by atoms with van der Waals surface area (Å²) >= 11 is 0. The highest BCUT2D eigenvalue weighted by molar-refractivity contribution is 6.04. The second-order valence-corrected chi connectivity index (χ2v) is 6.60. The number of hydrogen-bond donors (Lipinski definition) is 2. The number of amides is 2. The van der Waals surface area contributed by atoms with Crippen LogP contribution in [0.2, 0.25) is 0 Å². The largest absolute Gasteiger partial charge is 0.383 e. The molecule has 1 aliphatic rings. The van der Waals surface area contributed by atoms with E-state index in [2.05, 4.69) is 15.6 Å². The Morgan fingerprint density at radius 2 is 2.07 bits per heavy atom. The Labute approximate surface area is 156 Å². The molecule has 1 aromatic carbocycles. The van der Waals surface area contributed by atoms with Gasteiger partial charge in [0, 0.05) is 32.3 Å². The maximum atomic E-state index is 12.8. The van der Waals surface area contributed by atoms with Gasteiger partial charge in [-0.1, -0.05) is 6.42 Å². The van der Waals surface area contributed by atoms with Crippen LogP contribution in [0.5, 0.6) is 0 Å².